The quantitative estimate of drug-likeness (QED) is 0.326. The van der Waals surface area contributed by atoms with Gasteiger partial charge in [-0.05, 0) is 45.4 Å². The number of amides is 1. The lowest BCUT2D eigenvalue weighted by molar-refractivity contribution is -0.134. The molecule has 1 aliphatic heterocycles. The monoisotopic (exact) mass is 512 g/mol. The van der Waals surface area contributed by atoms with Crippen molar-refractivity contribution in [2.24, 2.45) is 4.99 Å². The van der Waals surface area contributed by atoms with Gasteiger partial charge in [-0.25, -0.2) is 0 Å². The summed E-state index contributed by atoms with van der Waals surface area (Å²) >= 11 is 0. The molecule has 4 atom stereocenters. The summed E-state index contributed by atoms with van der Waals surface area (Å²) in [7, 11) is 1.04. The van der Waals surface area contributed by atoms with E-state index in [1.807, 2.05) is 11.8 Å². The molecule has 2 rings (SSSR count). The number of rotatable bonds is 6. The standard InChI is InChI=1S/C19H36N4O2S.HI/c1-4-26(25)17-10-7-9-16(14-17)22-19(20-3)21-12-11-18(24)23-13-6-5-8-15(23)2;/h15-17H,4-14H2,1-3H3,(H2,20,21,22);1H. The second-order valence-electron chi connectivity index (χ2n) is 7.48. The van der Waals surface area contributed by atoms with Crippen LogP contribution in [-0.4, -0.2) is 64.2 Å². The van der Waals surface area contributed by atoms with Crippen LogP contribution >= 0.6 is 24.0 Å². The number of halogens is 1. The fraction of sp³-hybridized carbons (Fsp3) is 0.895. The number of carbonyl (C=O) groups excluding carboxylic acids is 1. The zero-order valence-corrected chi connectivity index (χ0v) is 20.2. The Labute approximate surface area is 184 Å². The van der Waals surface area contributed by atoms with Crippen LogP contribution in [0.1, 0.15) is 65.2 Å². The molecule has 1 amide bonds. The van der Waals surface area contributed by atoms with Crippen LogP contribution in [-0.2, 0) is 15.6 Å². The largest absolute Gasteiger partial charge is 0.356 e. The minimum Gasteiger partial charge on any atom is -0.356 e. The predicted octanol–water partition coefficient (Wildman–Crippen LogP) is 2.64. The van der Waals surface area contributed by atoms with Crippen molar-refractivity contribution >= 4 is 46.6 Å². The van der Waals surface area contributed by atoms with Crippen LogP contribution < -0.4 is 10.6 Å². The summed E-state index contributed by atoms with van der Waals surface area (Å²) in [5, 5.41) is 7.03. The molecule has 1 saturated heterocycles. The smallest absolute Gasteiger partial charge is 0.224 e. The third-order valence-corrected chi connectivity index (χ3v) is 7.34. The van der Waals surface area contributed by atoms with Crippen molar-refractivity contribution in [3.05, 3.63) is 0 Å². The van der Waals surface area contributed by atoms with Gasteiger partial charge in [0.1, 0.15) is 0 Å². The van der Waals surface area contributed by atoms with E-state index in [9.17, 15) is 9.00 Å². The first-order chi connectivity index (χ1) is 12.5. The van der Waals surface area contributed by atoms with Crippen LogP contribution in [0.2, 0.25) is 0 Å². The highest BCUT2D eigenvalue weighted by atomic mass is 127. The van der Waals surface area contributed by atoms with Crippen LogP contribution in [0.3, 0.4) is 0 Å². The maximum atomic E-state index is 12.4. The van der Waals surface area contributed by atoms with Gasteiger partial charge in [-0.15, -0.1) is 24.0 Å². The molecule has 0 spiro atoms. The van der Waals surface area contributed by atoms with E-state index < -0.39 is 10.8 Å². The summed E-state index contributed by atoms with van der Waals surface area (Å²) in [5.41, 5.74) is 0. The molecule has 8 heteroatoms. The first kappa shape index (κ1) is 24.7. The number of piperidine rings is 1. The average molecular weight is 513 g/mol. The number of carbonyl (C=O) groups is 1. The highest BCUT2D eigenvalue weighted by Crippen LogP contribution is 2.23. The summed E-state index contributed by atoms with van der Waals surface area (Å²) in [5.74, 6) is 1.72. The lowest BCUT2D eigenvalue weighted by Gasteiger charge is -2.33. The lowest BCUT2D eigenvalue weighted by Crippen LogP contribution is -2.48. The maximum Gasteiger partial charge on any atom is 0.224 e. The van der Waals surface area contributed by atoms with E-state index in [4.69, 9.17) is 0 Å². The molecule has 0 aromatic rings. The third-order valence-electron chi connectivity index (χ3n) is 5.60. The molecule has 4 unspecified atom stereocenters. The molecular formula is C19H37IN4O2S. The summed E-state index contributed by atoms with van der Waals surface area (Å²) in [6, 6.07) is 0.681. The molecule has 0 aromatic carbocycles. The Morgan fingerprint density at radius 1 is 1.22 bits per heavy atom. The summed E-state index contributed by atoms with van der Waals surface area (Å²) in [6.45, 7) is 5.63. The highest BCUT2D eigenvalue weighted by Gasteiger charge is 2.26. The van der Waals surface area contributed by atoms with Crippen molar-refractivity contribution in [3.8, 4) is 0 Å². The third kappa shape index (κ3) is 7.87. The number of nitrogens with one attached hydrogen (secondary N) is 2. The Bertz CT molecular complexity index is 518. The number of hydrogen-bond acceptors (Lipinski definition) is 3. The van der Waals surface area contributed by atoms with Crippen molar-refractivity contribution < 1.29 is 9.00 Å². The summed E-state index contributed by atoms with van der Waals surface area (Å²) in [4.78, 5) is 18.7. The fourth-order valence-electron chi connectivity index (χ4n) is 4.04. The van der Waals surface area contributed by atoms with Crippen LogP contribution in [0.15, 0.2) is 4.99 Å². The van der Waals surface area contributed by atoms with Gasteiger partial charge in [-0.3, -0.25) is 14.0 Å². The van der Waals surface area contributed by atoms with Gasteiger partial charge in [-0.2, -0.15) is 0 Å². The second-order valence-corrected chi connectivity index (χ2v) is 9.49. The molecule has 1 saturated carbocycles. The molecule has 0 bridgehead atoms. The van der Waals surface area contributed by atoms with Crippen LogP contribution in [0.4, 0.5) is 0 Å². The topological polar surface area (TPSA) is 73.8 Å². The van der Waals surface area contributed by atoms with Gasteiger partial charge in [0, 0.05) is 60.4 Å². The Morgan fingerprint density at radius 2 is 2.00 bits per heavy atom. The van der Waals surface area contributed by atoms with E-state index in [0.29, 0.717) is 30.3 Å². The van der Waals surface area contributed by atoms with E-state index in [-0.39, 0.29) is 29.9 Å². The Balaban J connectivity index is 0.00000364. The number of likely N-dealkylation sites (tertiary alicyclic amines) is 1. The molecule has 2 fully saturated rings. The molecule has 6 nitrogen and oxygen atoms in total. The van der Waals surface area contributed by atoms with E-state index in [2.05, 4.69) is 22.5 Å². The van der Waals surface area contributed by atoms with Gasteiger partial charge in [-0.1, -0.05) is 13.3 Å². The predicted molar refractivity (Wildman–Crippen MR) is 124 cm³/mol. The number of nitrogens with zero attached hydrogens (tertiary/aromatic N) is 2. The molecule has 2 aliphatic rings. The summed E-state index contributed by atoms with van der Waals surface area (Å²) < 4.78 is 12.1. The zero-order valence-electron chi connectivity index (χ0n) is 17.0. The minimum atomic E-state index is -0.719. The van der Waals surface area contributed by atoms with Gasteiger partial charge in [0.2, 0.25) is 5.91 Å². The molecule has 158 valence electrons. The van der Waals surface area contributed by atoms with E-state index >= 15 is 0 Å². The molecule has 2 N–H and O–H groups in total. The average Bonchev–Trinajstić information content (AvgIpc) is 2.67. The van der Waals surface area contributed by atoms with E-state index in [1.165, 1.54) is 6.42 Å². The molecule has 1 heterocycles. The molecule has 0 aromatic heterocycles. The minimum absolute atomic E-state index is 0. The maximum absolute atomic E-state index is 12.4. The highest BCUT2D eigenvalue weighted by molar-refractivity contribution is 14.0. The van der Waals surface area contributed by atoms with Crippen molar-refractivity contribution in [2.45, 2.75) is 82.5 Å². The lowest BCUT2D eigenvalue weighted by atomic mass is 9.95. The van der Waals surface area contributed by atoms with Gasteiger partial charge in [0.25, 0.3) is 0 Å². The number of aliphatic imine (C=N–C) groups is 1. The van der Waals surface area contributed by atoms with Crippen molar-refractivity contribution in [1.29, 1.82) is 0 Å². The first-order valence-electron chi connectivity index (χ1n) is 10.2. The zero-order chi connectivity index (χ0) is 18.9. The van der Waals surface area contributed by atoms with Crippen LogP contribution in [0.25, 0.3) is 0 Å². The summed E-state index contributed by atoms with van der Waals surface area (Å²) in [6.07, 6.45) is 8.15. The Morgan fingerprint density at radius 3 is 2.67 bits per heavy atom. The fourth-order valence-corrected chi connectivity index (χ4v) is 5.39. The normalized spacial score (nSPS) is 27.4. The second kappa shape index (κ2) is 13.0. The van der Waals surface area contributed by atoms with Crippen molar-refractivity contribution in [2.75, 3.05) is 25.9 Å². The van der Waals surface area contributed by atoms with Crippen molar-refractivity contribution in [1.82, 2.24) is 15.5 Å². The molecule has 0 radical (unpaired) electrons. The first-order valence-corrected chi connectivity index (χ1v) is 11.6. The number of guanidine groups is 1. The molecule has 1 aliphatic carbocycles. The Kier molecular flexibility index (Phi) is 11.8. The molecule has 27 heavy (non-hydrogen) atoms. The van der Waals surface area contributed by atoms with Gasteiger partial charge >= 0.3 is 0 Å². The molecular weight excluding hydrogens is 475 g/mol. The van der Waals surface area contributed by atoms with Gasteiger partial charge < -0.3 is 15.5 Å². The van der Waals surface area contributed by atoms with Gasteiger partial charge in [0.05, 0.1) is 0 Å². The van der Waals surface area contributed by atoms with Crippen molar-refractivity contribution in [3.63, 3.8) is 0 Å². The van der Waals surface area contributed by atoms with Crippen LogP contribution in [0.5, 0.6) is 0 Å². The van der Waals surface area contributed by atoms with Crippen LogP contribution in [0, 0.1) is 0 Å². The number of hydrogen-bond donors (Lipinski definition) is 2. The van der Waals surface area contributed by atoms with E-state index in [1.54, 1.807) is 7.05 Å². The van der Waals surface area contributed by atoms with Gasteiger partial charge in [0.15, 0.2) is 5.96 Å². The SMILES string of the molecule is CCS(=O)C1CCCC(NC(=NC)NCCC(=O)N2CCCCC2C)C1.I. The van der Waals surface area contributed by atoms with E-state index in [0.717, 1.165) is 56.8 Å². The Hall–Kier alpha value is -0.380.